The van der Waals surface area contributed by atoms with Crippen molar-refractivity contribution in [1.82, 2.24) is 4.90 Å². The van der Waals surface area contributed by atoms with Gasteiger partial charge in [0.2, 0.25) is 0 Å². The number of ether oxygens (including phenoxy) is 4. The van der Waals surface area contributed by atoms with E-state index in [0.29, 0.717) is 17.7 Å². The number of methoxy groups -OCH3 is 3. The molecule has 3 rings (SSSR count). The highest BCUT2D eigenvalue weighted by Crippen LogP contribution is 2.47. The van der Waals surface area contributed by atoms with Gasteiger partial charge in [0, 0.05) is 24.2 Å². The first-order valence-corrected chi connectivity index (χ1v) is 12.7. The number of fused-ring (bicyclic) bond motifs is 1. The lowest BCUT2D eigenvalue weighted by Gasteiger charge is -2.43. The molecule has 0 fully saturated rings. The first-order chi connectivity index (χ1) is 19.3. The molecule has 0 spiro atoms. The maximum absolute atomic E-state index is 13.5. The second kappa shape index (κ2) is 11.8. The summed E-state index contributed by atoms with van der Waals surface area (Å²) in [6, 6.07) is 2.49. The van der Waals surface area contributed by atoms with E-state index in [9.17, 15) is 35.9 Å². The normalized spacial score (nSPS) is 17.3. The molecule has 2 aromatic rings. The van der Waals surface area contributed by atoms with Crippen LogP contribution in [0.15, 0.2) is 30.3 Å². The van der Waals surface area contributed by atoms with Crippen molar-refractivity contribution < 1.29 is 54.9 Å². The average molecular weight is 607 g/mol. The molecule has 1 aliphatic heterocycles. The van der Waals surface area contributed by atoms with E-state index in [1.165, 1.54) is 31.3 Å². The van der Waals surface area contributed by atoms with Gasteiger partial charge in [-0.15, -0.1) is 0 Å². The average Bonchev–Trinajstić information content (AvgIpc) is 2.87. The van der Waals surface area contributed by atoms with Crippen molar-refractivity contribution in [3.05, 3.63) is 52.6 Å². The summed E-state index contributed by atoms with van der Waals surface area (Å²) in [7, 11) is 3.77. The molecule has 0 saturated carbocycles. The lowest BCUT2D eigenvalue weighted by Crippen LogP contribution is -2.49. The minimum Gasteiger partial charge on any atom is -0.493 e. The molecule has 0 aliphatic carbocycles. The lowest BCUT2D eigenvalue weighted by molar-refractivity contribution is -0.143. The van der Waals surface area contributed by atoms with Crippen molar-refractivity contribution in [2.45, 2.75) is 70.7 Å². The molecule has 0 N–H and O–H groups in total. The number of carbonyl (C=O) groups excluding carboxylic acids is 2. The first kappa shape index (κ1) is 32.7. The van der Waals surface area contributed by atoms with E-state index in [4.69, 9.17) is 18.9 Å². The summed E-state index contributed by atoms with van der Waals surface area (Å²) in [5.41, 5.74) is -3.76. The minimum atomic E-state index is -5.07. The maximum atomic E-state index is 13.5. The summed E-state index contributed by atoms with van der Waals surface area (Å²) in [4.78, 5) is 28.7. The summed E-state index contributed by atoms with van der Waals surface area (Å²) >= 11 is 0. The van der Waals surface area contributed by atoms with Crippen molar-refractivity contribution in [2.24, 2.45) is 0 Å². The van der Waals surface area contributed by atoms with E-state index in [1.807, 2.05) is 0 Å². The van der Waals surface area contributed by atoms with Crippen LogP contribution in [0.5, 0.6) is 11.5 Å². The molecule has 14 heteroatoms. The van der Waals surface area contributed by atoms with Gasteiger partial charge in [-0.05, 0) is 63.9 Å². The Kier molecular flexibility index (Phi) is 9.18. The van der Waals surface area contributed by atoms with Crippen LogP contribution in [0.3, 0.4) is 0 Å². The monoisotopic (exact) mass is 606 g/mol. The first-order valence-electron chi connectivity index (χ1n) is 12.7. The van der Waals surface area contributed by atoms with Crippen molar-refractivity contribution >= 4 is 17.9 Å². The molecule has 8 nitrogen and oxygen atoms in total. The molecular weight excluding hydrogens is 574 g/mol. The third-order valence-corrected chi connectivity index (χ3v) is 6.53. The number of alkyl halides is 6. The minimum absolute atomic E-state index is 0.0137. The Morgan fingerprint density at radius 1 is 0.881 bits per heavy atom. The van der Waals surface area contributed by atoms with E-state index >= 15 is 0 Å². The molecule has 232 valence electrons. The molecule has 0 aromatic heterocycles. The molecular formula is C28H32F6N2O6. The Morgan fingerprint density at radius 3 is 1.86 bits per heavy atom. The standard InChI is InChI=1S/C28H32F6N2O6/c1-15-8-20(19-12-22(39-5)23(40-6)13-21(19)36(15)25(38)42-26(2,3)4)35(24(37)41-7)14-16-9-17(27(29,30)31)11-18(10-16)28(32,33)34/h9-13,15,20H,8,14H2,1-7H3/t15-,20+/m1/s1. The van der Waals surface area contributed by atoms with Crippen LogP contribution < -0.4 is 14.4 Å². The van der Waals surface area contributed by atoms with Gasteiger partial charge in [0.15, 0.2) is 11.5 Å². The number of hydrogen-bond donors (Lipinski definition) is 0. The number of amides is 2. The molecule has 1 heterocycles. The highest BCUT2D eigenvalue weighted by molar-refractivity contribution is 5.91. The van der Waals surface area contributed by atoms with Crippen LogP contribution in [0.1, 0.15) is 62.4 Å². The molecule has 0 unspecified atom stereocenters. The van der Waals surface area contributed by atoms with E-state index in [1.54, 1.807) is 27.7 Å². The topological polar surface area (TPSA) is 77.5 Å². The summed E-state index contributed by atoms with van der Waals surface area (Å²) < 4.78 is 103. The molecule has 0 bridgehead atoms. The Hall–Kier alpha value is -3.84. The fourth-order valence-corrected chi connectivity index (χ4v) is 4.76. The SMILES string of the molecule is COC(=O)N(Cc1cc(C(F)(F)F)cc(C(F)(F)F)c1)[C@H]1C[C@@H](C)N(C(=O)OC(C)(C)C)c2cc(OC)c(OC)cc21. The number of halogens is 6. The maximum Gasteiger partial charge on any atom is 0.416 e. The van der Waals surface area contributed by atoms with Gasteiger partial charge in [-0.3, -0.25) is 9.80 Å². The van der Waals surface area contributed by atoms with Gasteiger partial charge < -0.3 is 18.9 Å². The third kappa shape index (κ3) is 7.13. The number of rotatable bonds is 5. The number of benzene rings is 2. The predicted molar refractivity (Wildman–Crippen MR) is 139 cm³/mol. The number of hydrogen-bond acceptors (Lipinski definition) is 6. The summed E-state index contributed by atoms with van der Waals surface area (Å²) in [5, 5.41) is 0. The Labute approximate surface area is 239 Å². The van der Waals surface area contributed by atoms with Crippen LogP contribution in [0, 0.1) is 0 Å². The number of anilines is 1. The van der Waals surface area contributed by atoms with Crippen molar-refractivity contribution in [3.63, 3.8) is 0 Å². The summed E-state index contributed by atoms with van der Waals surface area (Å²) in [6.07, 6.45) is -11.8. The summed E-state index contributed by atoms with van der Waals surface area (Å²) in [5.74, 6) is 0.443. The van der Waals surface area contributed by atoms with Gasteiger partial charge in [0.25, 0.3) is 0 Å². The quantitative estimate of drug-likeness (QED) is 0.327. The van der Waals surface area contributed by atoms with Crippen LogP contribution in [0.4, 0.5) is 41.6 Å². The largest absolute Gasteiger partial charge is 0.493 e. The fourth-order valence-electron chi connectivity index (χ4n) is 4.76. The molecule has 1 aliphatic rings. The molecule has 2 amide bonds. The molecule has 2 aromatic carbocycles. The predicted octanol–water partition coefficient (Wildman–Crippen LogP) is 7.58. The number of nitrogens with zero attached hydrogens (tertiary/aromatic N) is 2. The van der Waals surface area contributed by atoms with Gasteiger partial charge in [0.1, 0.15) is 5.60 Å². The second-order valence-corrected chi connectivity index (χ2v) is 10.7. The molecule has 2 atom stereocenters. The summed E-state index contributed by atoms with van der Waals surface area (Å²) in [6.45, 7) is 6.04. The molecule has 0 radical (unpaired) electrons. The zero-order chi connectivity index (χ0) is 31.8. The third-order valence-electron chi connectivity index (χ3n) is 6.53. The highest BCUT2D eigenvalue weighted by atomic mass is 19.4. The van der Waals surface area contributed by atoms with Crippen molar-refractivity contribution in [3.8, 4) is 11.5 Å². The van der Waals surface area contributed by atoms with Crippen LogP contribution >= 0.6 is 0 Å². The van der Waals surface area contributed by atoms with E-state index < -0.39 is 65.5 Å². The Morgan fingerprint density at radius 2 is 1.40 bits per heavy atom. The van der Waals surface area contributed by atoms with Gasteiger partial charge >= 0.3 is 24.5 Å². The highest BCUT2D eigenvalue weighted by Gasteiger charge is 2.42. The zero-order valence-electron chi connectivity index (χ0n) is 24.1. The van der Waals surface area contributed by atoms with E-state index in [-0.39, 0.29) is 29.7 Å². The Bertz CT molecular complexity index is 1290. The smallest absolute Gasteiger partial charge is 0.416 e. The zero-order valence-corrected chi connectivity index (χ0v) is 24.1. The second-order valence-electron chi connectivity index (χ2n) is 10.7. The van der Waals surface area contributed by atoms with Gasteiger partial charge in [-0.1, -0.05) is 0 Å². The van der Waals surface area contributed by atoms with E-state index in [2.05, 4.69) is 0 Å². The van der Waals surface area contributed by atoms with Crippen LogP contribution in [-0.2, 0) is 28.4 Å². The number of carbonyl (C=O) groups is 2. The fraction of sp³-hybridized carbons (Fsp3) is 0.500. The van der Waals surface area contributed by atoms with Crippen molar-refractivity contribution in [1.29, 1.82) is 0 Å². The molecule has 42 heavy (non-hydrogen) atoms. The van der Waals surface area contributed by atoms with Gasteiger partial charge in [-0.25, -0.2) is 9.59 Å². The van der Waals surface area contributed by atoms with Crippen LogP contribution in [0.2, 0.25) is 0 Å². The van der Waals surface area contributed by atoms with Crippen LogP contribution in [-0.4, -0.2) is 50.1 Å². The van der Waals surface area contributed by atoms with E-state index in [0.717, 1.165) is 12.0 Å². The van der Waals surface area contributed by atoms with Crippen molar-refractivity contribution in [2.75, 3.05) is 26.2 Å². The van der Waals surface area contributed by atoms with Gasteiger partial charge in [0.05, 0.1) is 44.2 Å². The lowest BCUT2D eigenvalue weighted by atomic mass is 9.90. The van der Waals surface area contributed by atoms with Gasteiger partial charge in [-0.2, -0.15) is 26.3 Å². The molecule has 0 saturated heterocycles. The van der Waals surface area contributed by atoms with Crippen LogP contribution in [0.25, 0.3) is 0 Å². The Balaban J connectivity index is 2.21.